The average Bonchev–Trinajstić information content (AvgIpc) is 2.07. The summed E-state index contributed by atoms with van der Waals surface area (Å²) in [6.07, 6.45) is 0. The molecule has 7 heteroatoms. The number of hydrogen-bond acceptors (Lipinski definition) is 3. The van der Waals surface area contributed by atoms with Crippen LogP contribution in [0.4, 0.5) is 5.69 Å². The van der Waals surface area contributed by atoms with E-state index in [0.717, 1.165) is 0 Å². The highest BCUT2D eigenvalue weighted by Crippen LogP contribution is 2.13. The Bertz CT molecular complexity index is 333. The van der Waals surface area contributed by atoms with Gasteiger partial charge in [-0.2, -0.15) is 0 Å². The smallest absolute Gasteiger partial charge is 0.314 e. The summed E-state index contributed by atoms with van der Waals surface area (Å²) in [7, 11) is -3.13. The lowest BCUT2D eigenvalue weighted by Crippen LogP contribution is -2.04. The number of nitrogens with one attached hydrogen (secondary N) is 1. The predicted octanol–water partition coefficient (Wildman–Crippen LogP) is 0.711. The molecule has 0 fully saturated rings. The molecule has 4 N–H and O–H groups in total. The lowest BCUT2D eigenvalue weighted by Gasteiger charge is -1.99. The molecule has 1 rings (SSSR count). The number of hydrogen-bond donors (Lipinski definition) is 4. The van der Waals surface area contributed by atoms with Gasteiger partial charge in [-0.05, 0) is 24.3 Å². The van der Waals surface area contributed by atoms with Crippen molar-refractivity contribution in [1.29, 1.82) is 0 Å². The minimum atomic E-state index is -3.13. The second-order valence-electron chi connectivity index (χ2n) is 2.51. The maximum atomic E-state index is 10.5. The van der Waals surface area contributed by atoms with Crippen molar-refractivity contribution in [1.82, 2.24) is 0 Å². The van der Waals surface area contributed by atoms with E-state index in [1.165, 1.54) is 19.1 Å². The number of phenols is 1. The van der Waals surface area contributed by atoms with E-state index >= 15 is 0 Å². The fourth-order valence-electron chi connectivity index (χ4n) is 0.748. The van der Waals surface area contributed by atoms with Crippen LogP contribution in [-0.2, 0) is 9.36 Å². The largest absolute Gasteiger partial charge is 0.508 e. The van der Waals surface area contributed by atoms with Crippen LogP contribution in [-0.4, -0.2) is 20.8 Å². The van der Waals surface area contributed by atoms with Gasteiger partial charge < -0.3 is 20.2 Å². The van der Waals surface area contributed by atoms with Gasteiger partial charge in [-0.15, -0.1) is 0 Å². The number of carbonyl (C=O) groups excluding carboxylic acids is 1. The molecule has 15 heavy (non-hydrogen) atoms. The van der Waals surface area contributed by atoms with Gasteiger partial charge in [0.1, 0.15) is 5.75 Å². The Hall–Kier alpha value is -1.36. The second-order valence-corrected chi connectivity index (χ2v) is 3.08. The molecule has 0 radical (unpaired) electrons. The number of benzene rings is 1. The molecule has 0 heterocycles. The van der Waals surface area contributed by atoms with Crippen LogP contribution in [0.25, 0.3) is 0 Å². The van der Waals surface area contributed by atoms with Crippen LogP contribution in [0.5, 0.6) is 5.75 Å². The van der Waals surface area contributed by atoms with Crippen molar-refractivity contribution >= 4 is 19.8 Å². The Balaban J connectivity index is 0.000000423. The van der Waals surface area contributed by atoms with Crippen molar-refractivity contribution < 1.29 is 24.3 Å². The third-order valence-corrected chi connectivity index (χ3v) is 1.19. The zero-order valence-electron chi connectivity index (χ0n) is 7.97. The first kappa shape index (κ1) is 13.6. The lowest BCUT2D eigenvalue weighted by atomic mass is 10.3. The normalized spacial score (nSPS) is 9.07. The summed E-state index contributed by atoms with van der Waals surface area (Å²) in [6, 6.07) is 6.31. The molecule has 1 aromatic rings. The number of carbonyl (C=O) groups is 1. The van der Waals surface area contributed by atoms with Crippen LogP contribution >= 0.6 is 8.25 Å². The highest BCUT2D eigenvalue weighted by molar-refractivity contribution is 7.30. The number of amides is 1. The maximum Gasteiger partial charge on any atom is 0.314 e. The van der Waals surface area contributed by atoms with Crippen molar-refractivity contribution in [3.63, 3.8) is 0 Å². The highest BCUT2D eigenvalue weighted by Gasteiger charge is 1.93. The van der Waals surface area contributed by atoms with Gasteiger partial charge >= 0.3 is 8.25 Å². The van der Waals surface area contributed by atoms with E-state index in [2.05, 4.69) is 5.32 Å². The molecule has 0 saturated heterocycles. The second kappa shape index (κ2) is 7.00. The Kier molecular flexibility index (Phi) is 6.37. The van der Waals surface area contributed by atoms with Gasteiger partial charge in [0.2, 0.25) is 5.91 Å². The van der Waals surface area contributed by atoms with Crippen LogP contribution in [0.1, 0.15) is 6.92 Å². The van der Waals surface area contributed by atoms with Crippen LogP contribution in [0.3, 0.4) is 0 Å². The quantitative estimate of drug-likeness (QED) is 0.422. The van der Waals surface area contributed by atoms with Crippen LogP contribution in [0.15, 0.2) is 24.3 Å². The minimum Gasteiger partial charge on any atom is -0.508 e. The minimum absolute atomic E-state index is 0.115. The van der Waals surface area contributed by atoms with Crippen molar-refractivity contribution in [2.75, 3.05) is 5.32 Å². The summed E-state index contributed by atoms with van der Waals surface area (Å²) in [5.74, 6) is 0.0785. The summed E-state index contributed by atoms with van der Waals surface area (Å²) in [5.41, 5.74) is 0.690. The first-order chi connectivity index (χ1) is 6.91. The molecule has 0 aliphatic rings. The van der Waals surface area contributed by atoms with Gasteiger partial charge in [-0.3, -0.25) is 9.36 Å². The molecular formula is C8H12NO5P. The van der Waals surface area contributed by atoms with E-state index < -0.39 is 8.25 Å². The zero-order valence-corrected chi connectivity index (χ0v) is 8.97. The Morgan fingerprint density at radius 1 is 1.27 bits per heavy atom. The van der Waals surface area contributed by atoms with Crippen molar-refractivity contribution in [2.45, 2.75) is 6.92 Å². The van der Waals surface area contributed by atoms with Crippen molar-refractivity contribution in [3.05, 3.63) is 24.3 Å². The summed E-state index contributed by atoms with van der Waals surface area (Å²) < 4.78 is 8.74. The number of anilines is 1. The standard InChI is InChI=1S/C8H9NO2.H3O3P/c1-6(10)9-7-2-4-8(11)5-3-7;1-4(2)3/h2-5,11H,1H3,(H,9,10);4H,(H2,1,2,3). The monoisotopic (exact) mass is 233 g/mol. The summed E-state index contributed by atoms with van der Waals surface area (Å²) in [5, 5.41) is 11.5. The molecule has 0 aromatic heterocycles. The molecule has 84 valence electrons. The molecule has 0 bridgehead atoms. The first-order valence-electron chi connectivity index (χ1n) is 3.90. The molecule has 0 aliphatic heterocycles. The van der Waals surface area contributed by atoms with Gasteiger partial charge in [0.25, 0.3) is 0 Å². The predicted molar refractivity (Wildman–Crippen MR) is 55.8 cm³/mol. The molecule has 0 atom stereocenters. The fraction of sp³-hybridized carbons (Fsp3) is 0.125. The third kappa shape index (κ3) is 8.96. The molecule has 1 aromatic carbocycles. The lowest BCUT2D eigenvalue weighted by molar-refractivity contribution is -0.114. The Labute approximate surface area is 87.1 Å². The molecule has 1 amide bonds. The highest BCUT2D eigenvalue weighted by atomic mass is 31.1. The molecule has 0 spiro atoms. The number of phenolic OH excluding ortho intramolecular Hbond substituents is 1. The Morgan fingerprint density at radius 3 is 2.00 bits per heavy atom. The molecule has 0 unspecified atom stereocenters. The first-order valence-corrected chi connectivity index (χ1v) is 5.20. The Morgan fingerprint density at radius 2 is 1.67 bits per heavy atom. The summed E-state index contributed by atoms with van der Waals surface area (Å²) >= 11 is 0. The molecule has 0 aliphatic carbocycles. The van der Waals surface area contributed by atoms with Crippen LogP contribution < -0.4 is 5.32 Å². The van der Waals surface area contributed by atoms with E-state index in [9.17, 15) is 4.79 Å². The summed E-state index contributed by atoms with van der Waals surface area (Å²) in [4.78, 5) is 24.8. The molecular weight excluding hydrogens is 221 g/mol. The zero-order chi connectivity index (χ0) is 11.8. The maximum absolute atomic E-state index is 10.5. The number of rotatable bonds is 1. The topological polar surface area (TPSA) is 107 Å². The average molecular weight is 233 g/mol. The fourth-order valence-corrected chi connectivity index (χ4v) is 0.748. The van der Waals surface area contributed by atoms with Crippen molar-refractivity contribution in [3.8, 4) is 5.75 Å². The van der Waals surface area contributed by atoms with E-state index in [0.29, 0.717) is 5.69 Å². The molecule has 0 saturated carbocycles. The summed E-state index contributed by atoms with van der Waals surface area (Å²) in [6.45, 7) is 1.44. The number of aromatic hydroxyl groups is 1. The third-order valence-electron chi connectivity index (χ3n) is 1.19. The van der Waals surface area contributed by atoms with Gasteiger partial charge in [-0.25, -0.2) is 0 Å². The van der Waals surface area contributed by atoms with E-state index in [-0.39, 0.29) is 11.7 Å². The van der Waals surface area contributed by atoms with E-state index in [1.54, 1.807) is 12.1 Å². The SMILES string of the molecule is CC(=O)Nc1ccc(O)cc1.O=[PH](O)O. The van der Waals surface area contributed by atoms with Gasteiger partial charge in [0, 0.05) is 12.6 Å². The van der Waals surface area contributed by atoms with Gasteiger partial charge in [-0.1, -0.05) is 0 Å². The van der Waals surface area contributed by atoms with Gasteiger partial charge in [0.15, 0.2) is 0 Å². The molecule has 6 nitrogen and oxygen atoms in total. The van der Waals surface area contributed by atoms with Crippen molar-refractivity contribution in [2.24, 2.45) is 0 Å². The van der Waals surface area contributed by atoms with Gasteiger partial charge in [0.05, 0.1) is 0 Å². The van der Waals surface area contributed by atoms with E-state index in [4.69, 9.17) is 19.5 Å². The van der Waals surface area contributed by atoms with Crippen LogP contribution in [0, 0.1) is 0 Å². The van der Waals surface area contributed by atoms with Crippen LogP contribution in [0.2, 0.25) is 0 Å². The van der Waals surface area contributed by atoms with E-state index in [1.807, 2.05) is 0 Å².